The molecule has 0 atom stereocenters. The van der Waals surface area contributed by atoms with Gasteiger partial charge in [0.05, 0.1) is 0 Å². The largest absolute Gasteiger partial charge is 0.295 e. The van der Waals surface area contributed by atoms with Crippen LogP contribution in [-0.4, -0.2) is 13.0 Å². The van der Waals surface area contributed by atoms with E-state index in [1.165, 1.54) is 0 Å². The monoisotopic (exact) mass is 320 g/mol. The third-order valence-electron chi connectivity index (χ3n) is 3.61. The summed E-state index contributed by atoms with van der Waals surface area (Å²) in [6.07, 6.45) is 1.67. The molecule has 2 aromatic rings. The maximum Gasteiger partial charge on any atom is 0.295 e. The normalized spacial score (nSPS) is 12.5. The van der Waals surface area contributed by atoms with Gasteiger partial charge in [0.25, 0.3) is 10.1 Å². The molecule has 0 bridgehead atoms. The summed E-state index contributed by atoms with van der Waals surface area (Å²) in [5.74, 6) is 0.916. The van der Waals surface area contributed by atoms with Crippen molar-refractivity contribution in [2.75, 3.05) is 0 Å². The quantitative estimate of drug-likeness (QED) is 0.826. The van der Waals surface area contributed by atoms with Gasteiger partial charge in [0.1, 0.15) is 4.90 Å². The zero-order valence-corrected chi connectivity index (χ0v) is 14.4. The highest BCUT2D eigenvalue weighted by molar-refractivity contribution is 7.86. The molecule has 0 amide bonds. The van der Waals surface area contributed by atoms with Crippen molar-refractivity contribution in [2.45, 2.75) is 45.4 Å². The molecule has 0 aliphatic heterocycles. The van der Waals surface area contributed by atoms with Gasteiger partial charge in [0.2, 0.25) is 0 Å². The first-order valence-corrected chi connectivity index (χ1v) is 9.14. The Balaban J connectivity index is 2.66. The molecule has 4 heteroatoms. The molecule has 1 N–H and O–H groups in total. The van der Waals surface area contributed by atoms with Crippen LogP contribution in [0.2, 0.25) is 0 Å². The molecule has 0 aliphatic carbocycles. The molecule has 0 spiro atoms. The number of hydrogen-bond acceptors (Lipinski definition) is 2. The van der Waals surface area contributed by atoms with E-state index in [2.05, 4.69) is 27.7 Å². The maximum absolute atomic E-state index is 11.8. The van der Waals surface area contributed by atoms with E-state index in [0.717, 1.165) is 29.4 Å². The molecular weight excluding hydrogens is 296 g/mol. The van der Waals surface area contributed by atoms with Crippen molar-refractivity contribution in [1.29, 1.82) is 0 Å². The van der Waals surface area contributed by atoms with E-state index < -0.39 is 10.1 Å². The Morgan fingerprint density at radius 2 is 1.50 bits per heavy atom. The van der Waals surface area contributed by atoms with Gasteiger partial charge in [-0.2, -0.15) is 8.42 Å². The fourth-order valence-electron chi connectivity index (χ4n) is 2.83. The Kier molecular flexibility index (Phi) is 4.93. The molecule has 0 saturated carbocycles. The molecule has 0 fully saturated rings. The highest BCUT2D eigenvalue weighted by atomic mass is 32.2. The van der Waals surface area contributed by atoms with E-state index in [1.54, 1.807) is 6.07 Å². The fourth-order valence-corrected chi connectivity index (χ4v) is 3.59. The lowest BCUT2D eigenvalue weighted by molar-refractivity contribution is 0.484. The van der Waals surface area contributed by atoms with Gasteiger partial charge in [0, 0.05) is 5.39 Å². The molecule has 0 aliphatic rings. The Morgan fingerprint density at radius 3 is 2.05 bits per heavy atom. The zero-order valence-electron chi connectivity index (χ0n) is 13.6. The van der Waals surface area contributed by atoms with Gasteiger partial charge in [-0.3, -0.25) is 4.55 Å². The van der Waals surface area contributed by atoms with Crippen LogP contribution in [-0.2, 0) is 23.0 Å². The van der Waals surface area contributed by atoms with Gasteiger partial charge >= 0.3 is 0 Å². The number of benzene rings is 2. The lowest BCUT2D eigenvalue weighted by Gasteiger charge is -2.12. The first kappa shape index (κ1) is 17.0. The van der Waals surface area contributed by atoms with Crippen LogP contribution >= 0.6 is 0 Å². The topological polar surface area (TPSA) is 54.4 Å². The lowest BCUT2D eigenvalue weighted by atomic mass is 9.96. The summed E-state index contributed by atoms with van der Waals surface area (Å²) >= 11 is 0. The molecule has 120 valence electrons. The second kappa shape index (κ2) is 6.39. The smallest absolute Gasteiger partial charge is 0.282 e. The molecule has 3 nitrogen and oxygen atoms in total. The third-order valence-corrected chi connectivity index (χ3v) is 4.50. The molecule has 0 radical (unpaired) electrons. The van der Waals surface area contributed by atoms with Gasteiger partial charge < -0.3 is 0 Å². The van der Waals surface area contributed by atoms with Crippen molar-refractivity contribution in [3.63, 3.8) is 0 Å². The molecule has 22 heavy (non-hydrogen) atoms. The molecule has 0 aromatic heterocycles. The zero-order chi connectivity index (χ0) is 16.5. The van der Waals surface area contributed by atoms with E-state index in [9.17, 15) is 13.0 Å². The Hall–Kier alpha value is -1.39. The van der Waals surface area contributed by atoms with Crippen molar-refractivity contribution >= 4 is 20.9 Å². The van der Waals surface area contributed by atoms with Crippen LogP contribution in [0.3, 0.4) is 0 Å². The predicted molar refractivity (Wildman–Crippen MR) is 90.8 cm³/mol. The van der Waals surface area contributed by atoms with E-state index in [1.807, 2.05) is 24.3 Å². The molecule has 0 saturated heterocycles. The lowest BCUT2D eigenvalue weighted by Crippen LogP contribution is -2.03. The van der Waals surface area contributed by atoms with Gasteiger partial charge in [0.15, 0.2) is 0 Å². The Labute approximate surface area is 133 Å². The summed E-state index contributed by atoms with van der Waals surface area (Å²) < 4.78 is 33.1. The number of rotatable bonds is 5. The van der Waals surface area contributed by atoms with Gasteiger partial charge in [-0.25, -0.2) is 0 Å². The van der Waals surface area contributed by atoms with Crippen molar-refractivity contribution in [3.05, 3.63) is 41.5 Å². The van der Waals surface area contributed by atoms with Gasteiger partial charge in [-0.1, -0.05) is 45.9 Å². The Bertz CT molecular complexity index is 774. The molecule has 0 unspecified atom stereocenters. The van der Waals surface area contributed by atoms with Gasteiger partial charge in [-0.05, 0) is 53.3 Å². The SMILES string of the molecule is CC(C)Cc1cc(S(=O)(=O)O)c2cc(CC(C)C)ccc2c1. The molecular formula is C18H24O3S. The van der Waals surface area contributed by atoms with Crippen LogP contribution in [0.1, 0.15) is 38.8 Å². The molecule has 2 rings (SSSR count). The average molecular weight is 320 g/mol. The molecule has 2 aromatic carbocycles. The van der Waals surface area contributed by atoms with Crippen molar-refractivity contribution in [2.24, 2.45) is 11.8 Å². The van der Waals surface area contributed by atoms with Crippen molar-refractivity contribution in [1.82, 2.24) is 0 Å². The summed E-state index contributed by atoms with van der Waals surface area (Å²) in [6.45, 7) is 8.42. The Morgan fingerprint density at radius 1 is 0.909 bits per heavy atom. The summed E-state index contributed by atoms with van der Waals surface area (Å²) in [4.78, 5) is 0.0197. The highest BCUT2D eigenvalue weighted by Crippen LogP contribution is 2.28. The summed E-state index contributed by atoms with van der Waals surface area (Å²) in [6, 6.07) is 9.50. The first-order chi connectivity index (χ1) is 10.2. The first-order valence-electron chi connectivity index (χ1n) is 7.70. The predicted octanol–water partition coefficient (Wildman–Crippen LogP) is 4.48. The van der Waals surface area contributed by atoms with Crippen molar-refractivity contribution in [3.8, 4) is 0 Å². The van der Waals surface area contributed by atoms with E-state index in [4.69, 9.17) is 0 Å². The van der Waals surface area contributed by atoms with Crippen molar-refractivity contribution < 1.29 is 13.0 Å². The minimum Gasteiger partial charge on any atom is -0.282 e. The maximum atomic E-state index is 11.8. The van der Waals surface area contributed by atoms with Crippen LogP contribution in [0.4, 0.5) is 0 Å². The third kappa shape index (κ3) is 4.08. The standard InChI is InChI=1S/C18H24O3S/c1-12(2)7-14-5-6-16-9-15(8-13(3)4)11-18(17(16)10-14)22(19,20)21/h5-6,9-13H,7-8H2,1-4H3,(H,19,20,21). The highest BCUT2D eigenvalue weighted by Gasteiger charge is 2.16. The van der Waals surface area contributed by atoms with Crippen LogP contribution < -0.4 is 0 Å². The van der Waals surface area contributed by atoms with Gasteiger partial charge in [-0.15, -0.1) is 0 Å². The number of fused-ring (bicyclic) bond motifs is 1. The van der Waals surface area contributed by atoms with Crippen LogP contribution in [0.15, 0.2) is 35.2 Å². The number of hydrogen-bond donors (Lipinski definition) is 1. The van der Waals surface area contributed by atoms with E-state index in [-0.39, 0.29) is 4.90 Å². The van der Waals surface area contributed by atoms with E-state index >= 15 is 0 Å². The summed E-state index contributed by atoms with van der Waals surface area (Å²) in [5.41, 5.74) is 2.02. The minimum atomic E-state index is -4.23. The fraction of sp³-hybridized carbons (Fsp3) is 0.444. The van der Waals surface area contributed by atoms with Crippen LogP contribution in [0, 0.1) is 11.8 Å². The average Bonchev–Trinajstić information content (AvgIpc) is 2.35. The van der Waals surface area contributed by atoms with Crippen LogP contribution in [0.5, 0.6) is 0 Å². The summed E-state index contributed by atoms with van der Waals surface area (Å²) in [7, 11) is -4.23. The van der Waals surface area contributed by atoms with E-state index in [0.29, 0.717) is 17.2 Å². The molecule has 0 heterocycles. The minimum absolute atomic E-state index is 0.0197. The second-order valence-electron chi connectivity index (χ2n) is 6.82. The van der Waals surface area contributed by atoms with Crippen LogP contribution in [0.25, 0.3) is 10.8 Å². The second-order valence-corrected chi connectivity index (χ2v) is 8.21. The summed E-state index contributed by atoms with van der Waals surface area (Å²) in [5, 5.41) is 1.46.